The van der Waals surface area contributed by atoms with Gasteiger partial charge in [-0.25, -0.2) is 0 Å². The number of rotatable bonds is 7. The third kappa shape index (κ3) is 4.19. The fraction of sp³-hybridized carbons (Fsp3) is 0.667. The molecule has 0 aromatic carbocycles. The van der Waals surface area contributed by atoms with E-state index in [1.807, 2.05) is 0 Å². The Morgan fingerprint density at radius 2 is 2.24 bits per heavy atom. The standard InChI is InChI=1S/C12H18N4O4S/c1-19-4-3-16-6-8(5-10(16)17)11(18)13-12-15-14-9(21-12)7-20-2/h8H,3-7H2,1-2H3,(H,13,15,18). The van der Waals surface area contributed by atoms with Crippen LogP contribution in [0.3, 0.4) is 0 Å². The molecule has 0 aliphatic carbocycles. The van der Waals surface area contributed by atoms with E-state index in [9.17, 15) is 9.59 Å². The molecular weight excluding hydrogens is 296 g/mol. The van der Waals surface area contributed by atoms with Crippen LogP contribution in [0.1, 0.15) is 11.4 Å². The highest BCUT2D eigenvalue weighted by molar-refractivity contribution is 7.15. The van der Waals surface area contributed by atoms with Crippen molar-refractivity contribution in [3.05, 3.63) is 5.01 Å². The van der Waals surface area contributed by atoms with Crippen LogP contribution < -0.4 is 5.32 Å². The van der Waals surface area contributed by atoms with Crippen LogP contribution in [0.4, 0.5) is 5.13 Å². The van der Waals surface area contributed by atoms with Crippen LogP contribution in [0.5, 0.6) is 0 Å². The van der Waals surface area contributed by atoms with Gasteiger partial charge in [0.05, 0.1) is 12.5 Å². The van der Waals surface area contributed by atoms with Crippen LogP contribution in [0.2, 0.25) is 0 Å². The van der Waals surface area contributed by atoms with Crippen molar-refractivity contribution in [2.45, 2.75) is 13.0 Å². The highest BCUT2D eigenvalue weighted by atomic mass is 32.1. The first-order valence-corrected chi connectivity index (χ1v) is 7.34. The van der Waals surface area contributed by atoms with Crippen molar-refractivity contribution in [3.8, 4) is 0 Å². The number of nitrogens with zero attached hydrogens (tertiary/aromatic N) is 3. The van der Waals surface area contributed by atoms with Gasteiger partial charge in [0.15, 0.2) is 0 Å². The number of hydrogen-bond acceptors (Lipinski definition) is 7. The monoisotopic (exact) mass is 314 g/mol. The molecule has 2 amide bonds. The van der Waals surface area contributed by atoms with Gasteiger partial charge in [-0.2, -0.15) is 0 Å². The first-order valence-electron chi connectivity index (χ1n) is 6.53. The van der Waals surface area contributed by atoms with Gasteiger partial charge in [0.1, 0.15) is 11.6 Å². The smallest absolute Gasteiger partial charge is 0.231 e. The van der Waals surface area contributed by atoms with E-state index in [0.717, 1.165) is 0 Å². The molecule has 8 nitrogen and oxygen atoms in total. The Morgan fingerprint density at radius 3 is 2.95 bits per heavy atom. The van der Waals surface area contributed by atoms with Gasteiger partial charge >= 0.3 is 0 Å². The SMILES string of the molecule is COCCN1CC(C(=O)Nc2nnc(COC)s2)CC1=O. The second-order valence-electron chi connectivity index (χ2n) is 4.66. The predicted octanol–water partition coefficient (Wildman–Crippen LogP) is 0.118. The topological polar surface area (TPSA) is 93.7 Å². The molecular formula is C12H18N4O4S. The molecule has 116 valence electrons. The number of nitrogens with one attached hydrogen (secondary N) is 1. The number of hydrogen-bond donors (Lipinski definition) is 1. The second kappa shape index (κ2) is 7.43. The highest BCUT2D eigenvalue weighted by Gasteiger charge is 2.34. The maximum atomic E-state index is 12.1. The van der Waals surface area contributed by atoms with Crippen molar-refractivity contribution in [3.63, 3.8) is 0 Å². The molecule has 2 heterocycles. The first-order chi connectivity index (χ1) is 10.1. The number of amides is 2. The number of likely N-dealkylation sites (tertiary alicyclic amines) is 1. The molecule has 2 rings (SSSR count). The van der Waals surface area contributed by atoms with Crippen LogP contribution >= 0.6 is 11.3 Å². The molecule has 0 saturated carbocycles. The van der Waals surface area contributed by atoms with Gasteiger partial charge in [-0.3, -0.25) is 9.59 Å². The summed E-state index contributed by atoms with van der Waals surface area (Å²) in [5.74, 6) is -0.586. The van der Waals surface area contributed by atoms with Crippen LogP contribution in [0, 0.1) is 5.92 Å². The van der Waals surface area contributed by atoms with E-state index in [0.29, 0.717) is 36.4 Å². The van der Waals surface area contributed by atoms with E-state index in [1.165, 1.54) is 11.3 Å². The average molecular weight is 314 g/mol. The summed E-state index contributed by atoms with van der Waals surface area (Å²) in [7, 11) is 3.15. The zero-order chi connectivity index (χ0) is 15.2. The number of methoxy groups -OCH3 is 2. The lowest BCUT2D eigenvalue weighted by atomic mass is 10.1. The molecule has 21 heavy (non-hydrogen) atoms. The predicted molar refractivity (Wildman–Crippen MR) is 75.8 cm³/mol. The molecule has 9 heteroatoms. The van der Waals surface area contributed by atoms with Gasteiger partial charge in [-0.15, -0.1) is 10.2 Å². The molecule has 1 unspecified atom stereocenters. The Hall–Kier alpha value is -1.58. The maximum Gasteiger partial charge on any atom is 0.231 e. The van der Waals surface area contributed by atoms with Crippen molar-refractivity contribution < 1.29 is 19.1 Å². The Labute approximate surface area is 126 Å². The first kappa shape index (κ1) is 15.8. The van der Waals surface area contributed by atoms with Gasteiger partial charge in [0.25, 0.3) is 0 Å². The molecule has 1 aromatic heterocycles. The summed E-state index contributed by atoms with van der Waals surface area (Å²) in [6.45, 7) is 1.75. The van der Waals surface area contributed by atoms with Gasteiger partial charge < -0.3 is 19.7 Å². The summed E-state index contributed by atoms with van der Waals surface area (Å²) in [6, 6.07) is 0. The van der Waals surface area contributed by atoms with Gasteiger partial charge in [-0.1, -0.05) is 11.3 Å². The Balaban J connectivity index is 1.87. The zero-order valence-corrected chi connectivity index (χ0v) is 12.8. The molecule has 0 spiro atoms. The summed E-state index contributed by atoms with van der Waals surface area (Å²) in [5, 5.41) is 11.6. The highest BCUT2D eigenvalue weighted by Crippen LogP contribution is 2.21. The van der Waals surface area contributed by atoms with Gasteiger partial charge in [0.2, 0.25) is 16.9 Å². The second-order valence-corrected chi connectivity index (χ2v) is 5.72. The van der Waals surface area contributed by atoms with E-state index in [4.69, 9.17) is 9.47 Å². The number of anilines is 1. The largest absolute Gasteiger partial charge is 0.383 e. The Morgan fingerprint density at radius 1 is 1.43 bits per heavy atom. The summed E-state index contributed by atoms with van der Waals surface area (Å²) >= 11 is 1.26. The summed E-state index contributed by atoms with van der Waals surface area (Å²) < 4.78 is 9.89. The van der Waals surface area contributed by atoms with E-state index in [1.54, 1.807) is 19.1 Å². The molecule has 1 saturated heterocycles. The normalized spacial score (nSPS) is 18.3. The summed E-state index contributed by atoms with van der Waals surface area (Å²) in [4.78, 5) is 25.6. The van der Waals surface area contributed by atoms with Crippen molar-refractivity contribution in [1.29, 1.82) is 0 Å². The summed E-state index contributed by atoms with van der Waals surface area (Å²) in [6.07, 6.45) is 0.222. The van der Waals surface area contributed by atoms with Gasteiger partial charge in [0, 0.05) is 33.7 Å². The average Bonchev–Trinajstić information content (AvgIpc) is 3.04. The van der Waals surface area contributed by atoms with Crippen molar-refractivity contribution in [2.24, 2.45) is 5.92 Å². The van der Waals surface area contributed by atoms with Crippen molar-refractivity contribution in [2.75, 3.05) is 39.2 Å². The fourth-order valence-corrected chi connectivity index (χ4v) is 2.77. The molecule has 0 radical (unpaired) electrons. The minimum atomic E-state index is -0.357. The van der Waals surface area contributed by atoms with Crippen LogP contribution in [0.15, 0.2) is 0 Å². The number of ether oxygens (including phenoxy) is 2. The van der Waals surface area contributed by atoms with Crippen LogP contribution in [-0.2, 0) is 25.7 Å². The molecule has 1 aliphatic rings. The molecule has 1 aromatic rings. The van der Waals surface area contributed by atoms with Crippen LogP contribution in [-0.4, -0.2) is 60.8 Å². The molecule has 1 fully saturated rings. The quantitative estimate of drug-likeness (QED) is 0.768. The lowest BCUT2D eigenvalue weighted by molar-refractivity contribution is -0.128. The van der Waals surface area contributed by atoms with Crippen molar-refractivity contribution in [1.82, 2.24) is 15.1 Å². The van der Waals surface area contributed by atoms with E-state index >= 15 is 0 Å². The lowest BCUT2D eigenvalue weighted by Gasteiger charge is -2.15. The lowest BCUT2D eigenvalue weighted by Crippen LogP contribution is -2.30. The molecule has 1 N–H and O–H groups in total. The van der Waals surface area contributed by atoms with E-state index in [2.05, 4.69) is 15.5 Å². The minimum Gasteiger partial charge on any atom is -0.383 e. The summed E-state index contributed by atoms with van der Waals surface area (Å²) in [5.41, 5.74) is 0. The van der Waals surface area contributed by atoms with E-state index < -0.39 is 0 Å². The van der Waals surface area contributed by atoms with Crippen molar-refractivity contribution >= 4 is 28.3 Å². The molecule has 0 bridgehead atoms. The fourth-order valence-electron chi connectivity index (χ4n) is 2.06. The van der Waals surface area contributed by atoms with E-state index in [-0.39, 0.29) is 24.2 Å². The number of carbonyl (C=O) groups excluding carboxylic acids is 2. The third-order valence-corrected chi connectivity index (χ3v) is 3.93. The maximum absolute atomic E-state index is 12.1. The Kier molecular flexibility index (Phi) is 5.59. The molecule has 1 atom stereocenters. The molecule has 1 aliphatic heterocycles. The van der Waals surface area contributed by atoms with Crippen LogP contribution in [0.25, 0.3) is 0 Å². The number of carbonyl (C=O) groups is 2. The Bertz CT molecular complexity index is 507. The minimum absolute atomic E-state index is 0.0236. The number of aromatic nitrogens is 2. The third-order valence-electron chi connectivity index (χ3n) is 3.12. The zero-order valence-electron chi connectivity index (χ0n) is 12.0. The van der Waals surface area contributed by atoms with Gasteiger partial charge in [-0.05, 0) is 0 Å².